The molecule has 6 nitrogen and oxygen atoms in total. The zero-order valence-electron chi connectivity index (χ0n) is 15.6. The molecule has 3 rings (SSSR count). The first-order valence-electron chi connectivity index (χ1n) is 9.00. The highest BCUT2D eigenvalue weighted by Gasteiger charge is 2.36. The number of benzene rings is 1. The van der Waals surface area contributed by atoms with Crippen LogP contribution in [-0.4, -0.2) is 45.2 Å². The molecule has 8 heteroatoms. The van der Waals surface area contributed by atoms with Crippen LogP contribution in [0.3, 0.4) is 0 Å². The highest BCUT2D eigenvalue weighted by molar-refractivity contribution is 8.01. The van der Waals surface area contributed by atoms with Crippen molar-refractivity contribution in [2.75, 3.05) is 12.3 Å². The Labute approximate surface area is 172 Å². The lowest BCUT2D eigenvalue weighted by molar-refractivity contribution is -0.128. The fourth-order valence-electron chi connectivity index (χ4n) is 3.46. The molecule has 1 saturated heterocycles. The van der Waals surface area contributed by atoms with E-state index in [1.54, 1.807) is 0 Å². The highest BCUT2D eigenvalue weighted by Crippen LogP contribution is 2.33. The van der Waals surface area contributed by atoms with Crippen LogP contribution in [0.5, 0.6) is 0 Å². The van der Waals surface area contributed by atoms with E-state index in [-0.39, 0.29) is 23.7 Å². The summed E-state index contributed by atoms with van der Waals surface area (Å²) in [7, 11) is 0. The number of carboxylic acid groups (broad SMARTS) is 1. The molecule has 1 unspecified atom stereocenters. The van der Waals surface area contributed by atoms with Crippen LogP contribution in [-0.2, 0) is 4.79 Å². The Kier molecular flexibility index (Phi) is 6.53. The number of nitrogens with zero attached hydrogens (tertiary/aromatic N) is 2. The number of likely N-dealkylation sites (tertiary alicyclic amines) is 1. The maximum absolute atomic E-state index is 12.4. The summed E-state index contributed by atoms with van der Waals surface area (Å²) in [4.78, 5) is 29.3. The number of aromatic nitrogens is 1. The number of amides is 1. The van der Waals surface area contributed by atoms with Crippen molar-refractivity contribution in [2.24, 2.45) is 5.73 Å². The van der Waals surface area contributed by atoms with Gasteiger partial charge in [-0.1, -0.05) is 48.2 Å². The fraction of sp³-hybridized carbons (Fsp3) is 0.350. The van der Waals surface area contributed by atoms with Gasteiger partial charge in [0.15, 0.2) is 10.0 Å². The average Bonchev–Trinajstić information content (AvgIpc) is 3.29. The fourth-order valence-corrected chi connectivity index (χ4v) is 5.27. The molecule has 2 heterocycles. The van der Waals surface area contributed by atoms with Crippen molar-refractivity contribution in [1.29, 1.82) is 0 Å². The number of allylic oxidation sites excluding steroid dienone is 1. The number of thiazole rings is 1. The van der Waals surface area contributed by atoms with Gasteiger partial charge in [0, 0.05) is 24.1 Å². The molecule has 1 fully saturated rings. The van der Waals surface area contributed by atoms with E-state index < -0.39 is 5.97 Å². The number of thioether (sulfide) groups is 1. The molecule has 28 heavy (non-hydrogen) atoms. The van der Waals surface area contributed by atoms with Crippen molar-refractivity contribution in [1.82, 2.24) is 9.88 Å². The van der Waals surface area contributed by atoms with Gasteiger partial charge in [0.05, 0.1) is 12.1 Å². The Bertz CT molecular complexity index is 896. The topological polar surface area (TPSA) is 96.5 Å². The summed E-state index contributed by atoms with van der Waals surface area (Å²) in [6.07, 6.45) is 1.23. The lowest BCUT2D eigenvalue weighted by Crippen LogP contribution is -2.41. The summed E-state index contributed by atoms with van der Waals surface area (Å²) in [5, 5.41) is 10.5. The minimum atomic E-state index is -1.03. The van der Waals surface area contributed by atoms with E-state index in [1.165, 1.54) is 28.5 Å². The van der Waals surface area contributed by atoms with Crippen molar-refractivity contribution < 1.29 is 14.7 Å². The molecule has 0 bridgehead atoms. The molecule has 0 spiro atoms. The van der Waals surface area contributed by atoms with Crippen molar-refractivity contribution in [3.63, 3.8) is 0 Å². The van der Waals surface area contributed by atoms with E-state index in [0.29, 0.717) is 23.1 Å². The predicted molar refractivity (Wildman–Crippen MR) is 113 cm³/mol. The second-order valence-corrected chi connectivity index (χ2v) is 8.94. The smallest absolute Gasteiger partial charge is 0.355 e. The van der Waals surface area contributed by atoms with Crippen LogP contribution in [0.2, 0.25) is 0 Å². The van der Waals surface area contributed by atoms with Crippen molar-refractivity contribution in [3.8, 4) is 0 Å². The van der Waals surface area contributed by atoms with Crippen LogP contribution in [0.1, 0.15) is 47.4 Å². The average molecular weight is 418 g/mol. The van der Waals surface area contributed by atoms with E-state index in [0.717, 1.165) is 23.1 Å². The van der Waals surface area contributed by atoms with Crippen molar-refractivity contribution in [3.05, 3.63) is 53.0 Å². The first-order valence-corrected chi connectivity index (χ1v) is 10.9. The third kappa shape index (κ3) is 4.45. The van der Waals surface area contributed by atoms with Crippen LogP contribution in [0.15, 0.2) is 40.6 Å². The molecule has 148 valence electrons. The largest absolute Gasteiger partial charge is 0.476 e. The third-order valence-electron chi connectivity index (χ3n) is 4.83. The summed E-state index contributed by atoms with van der Waals surface area (Å²) in [5.74, 6) is -0.275. The first kappa shape index (κ1) is 20.6. The van der Waals surface area contributed by atoms with Gasteiger partial charge in [-0.05, 0) is 24.5 Å². The highest BCUT2D eigenvalue weighted by atomic mass is 32.2. The Hall–Kier alpha value is -2.16. The molecular weight excluding hydrogens is 394 g/mol. The molecule has 1 aliphatic rings. The molecule has 0 radical (unpaired) electrons. The molecule has 2 aromatic rings. The third-order valence-corrected chi connectivity index (χ3v) is 6.83. The van der Waals surface area contributed by atoms with Crippen LogP contribution in [0.25, 0.3) is 5.57 Å². The molecule has 1 aromatic carbocycles. The molecule has 1 aliphatic heterocycles. The van der Waals surface area contributed by atoms with Gasteiger partial charge in [-0.15, -0.1) is 11.3 Å². The molecule has 1 aromatic heterocycles. The number of carbonyl (C=O) groups is 2. The number of aromatic carboxylic acids is 1. The van der Waals surface area contributed by atoms with Gasteiger partial charge >= 0.3 is 5.97 Å². The van der Waals surface area contributed by atoms with E-state index >= 15 is 0 Å². The predicted octanol–water partition coefficient (Wildman–Crippen LogP) is 3.66. The van der Waals surface area contributed by atoms with Gasteiger partial charge in [-0.25, -0.2) is 9.78 Å². The van der Waals surface area contributed by atoms with Crippen LogP contribution in [0.4, 0.5) is 0 Å². The Morgan fingerprint density at radius 3 is 2.93 bits per heavy atom. The normalized spacial score (nSPS) is 17.7. The minimum Gasteiger partial charge on any atom is -0.476 e. The number of hydrogen-bond acceptors (Lipinski definition) is 6. The Morgan fingerprint density at radius 1 is 1.50 bits per heavy atom. The molecule has 0 saturated carbocycles. The number of hydrogen-bond donors (Lipinski definition) is 2. The van der Waals surface area contributed by atoms with Gasteiger partial charge < -0.3 is 15.7 Å². The van der Waals surface area contributed by atoms with Crippen molar-refractivity contribution in [2.45, 2.75) is 36.2 Å². The second-order valence-electron chi connectivity index (χ2n) is 6.74. The summed E-state index contributed by atoms with van der Waals surface area (Å²) in [5.41, 5.74) is 9.65. The zero-order valence-corrected chi connectivity index (χ0v) is 17.3. The molecule has 2 atom stereocenters. The van der Waals surface area contributed by atoms with Gasteiger partial charge in [-0.3, -0.25) is 4.79 Å². The number of nitrogens with two attached hydrogens (primary N) is 1. The maximum atomic E-state index is 12.4. The molecule has 3 N–H and O–H groups in total. The standard InChI is InChI=1S/C20H23N3O3S2/c1-12(2)13-5-3-4-6-14(13)18(21)16-7-8-17(24)23(16)9-10-27-20-22-15(11-28-20)19(25)26/h3-6,11,16,18H,1,7-10,21H2,2H3,(H,25,26)/t16-,18?/m1/s1. The SMILES string of the molecule is C=C(C)c1ccccc1C(N)[C@H]1CCC(=O)N1CCSc1nc(C(=O)O)cs1. The second kappa shape index (κ2) is 8.89. The van der Waals surface area contributed by atoms with E-state index in [1.807, 2.05) is 36.1 Å². The van der Waals surface area contributed by atoms with E-state index in [2.05, 4.69) is 11.6 Å². The van der Waals surface area contributed by atoms with Gasteiger partial charge in [-0.2, -0.15) is 0 Å². The monoisotopic (exact) mass is 417 g/mol. The number of carbonyl (C=O) groups excluding carboxylic acids is 1. The quantitative estimate of drug-likeness (QED) is 0.636. The summed E-state index contributed by atoms with van der Waals surface area (Å²) < 4.78 is 0.692. The van der Waals surface area contributed by atoms with Crippen molar-refractivity contribution >= 4 is 40.5 Å². The van der Waals surface area contributed by atoms with Crippen LogP contribution < -0.4 is 5.73 Å². The molecule has 1 amide bonds. The van der Waals surface area contributed by atoms with Gasteiger partial charge in [0.2, 0.25) is 5.91 Å². The molecule has 0 aliphatic carbocycles. The van der Waals surface area contributed by atoms with Crippen LogP contribution >= 0.6 is 23.1 Å². The first-order chi connectivity index (χ1) is 13.4. The number of carboxylic acids is 1. The van der Waals surface area contributed by atoms with Crippen LogP contribution in [0, 0.1) is 0 Å². The molecular formula is C20H23N3O3S2. The minimum absolute atomic E-state index is 0.0560. The summed E-state index contributed by atoms with van der Waals surface area (Å²) in [6, 6.07) is 7.61. The summed E-state index contributed by atoms with van der Waals surface area (Å²) in [6.45, 7) is 6.55. The van der Waals surface area contributed by atoms with E-state index in [9.17, 15) is 9.59 Å². The zero-order chi connectivity index (χ0) is 20.3. The number of rotatable bonds is 8. The van der Waals surface area contributed by atoms with Gasteiger partial charge in [0.25, 0.3) is 0 Å². The lowest BCUT2D eigenvalue weighted by atomic mass is 9.91. The Balaban J connectivity index is 1.67. The van der Waals surface area contributed by atoms with E-state index in [4.69, 9.17) is 10.8 Å². The summed E-state index contributed by atoms with van der Waals surface area (Å²) >= 11 is 2.76. The lowest BCUT2D eigenvalue weighted by Gasteiger charge is -2.31. The maximum Gasteiger partial charge on any atom is 0.355 e. The van der Waals surface area contributed by atoms with Gasteiger partial charge in [0.1, 0.15) is 0 Å². The Morgan fingerprint density at radius 2 is 2.25 bits per heavy atom.